The molecule has 0 spiro atoms. The van der Waals surface area contributed by atoms with E-state index in [0.29, 0.717) is 51.3 Å². The summed E-state index contributed by atoms with van der Waals surface area (Å²) >= 11 is 0. The van der Waals surface area contributed by atoms with E-state index < -0.39 is 10.0 Å². The highest BCUT2D eigenvalue weighted by molar-refractivity contribution is 7.89. The molecule has 1 amide bonds. The minimum absolute atomic E-state index is 0.0741. The van der Waals surface area contributed by atoms with Gasteiger partial charge in [-0.1, -0.05) is 12.1 Å². The van der Waals surface area contributed by atoms with Crippen LogP contribution in [0.1, 0.15) is 22.3 Å². The Morgan fingerprint density at radius 2 is 1.79 bits per heavy atom. The Hall–Kier alpha value is -1.48. The van der Waals surface area contributed by atoms with Crippen molar-refractivity contribution in [2.75, 3.05) is 45.6 Å². The second kappa shape index (κ2) is 8.57. The highest BCUT2D eigenvalue weighted by Gasteiger charge is 2.28. The van der Waals surface area contributed by atoms with Crippen LogP contribution in [-0.2, 0) is 21.3 Å². The molecule has 134 valence electrons. The lowest BCUT2D eigenvalue weighted by Crippen LogP contribution is -2.51. The number of benzene rings is 1. The van der Waals surface area contributed by atoms with Gasteiger partial charge in [0.2, 0.25) is 10.0 Å². The molecule has 1 aromatic rings. The number of carbonyl (C=O) groups is 1. The van der Waals surface area contributed by atoms with Gasteiger partial charge in [0.25, 0.3) is 5.91 Å². The first-order chi connectivity index (χ1) is 11.5. The summed E-state index contributed by atoms with van der Waals surface area (Å²) in [6, 6.07) is 7.20. The number of amides is 1. The molecular weight excluding hydrogens is 330 g/mol. The van der Waals surface area contributed by atoms with Gasteiger partial charge in [0.05, 0.1) is 5.75 Å². The molecule has 0 atom stereocenters. The number of nitrogens with zero attached hydrogens (tertiary/aromatic N) is 2. The van der Waals surface area contributed by atoms with E-state index in [1.54, 1.807) is 24.1 Å². The summed E-state index contributed by atoms with van der Waals surface area (Å²) in [5.41, 5.74) is 7.12. The minimum Gasteiger partial charge on any atom is -0.385 e. The van der Waals surface area contributed by atoms with Gasteiger partial charge in [-0.05, 0) is 24.1 Å². The van der Waals surface area contributed by atoms with Gasteiger partial charge in [-0.25, -0.2) is 8.42 Å². The van der Waals surface area contributed by atoms with E-state index in [1.165, 1.54) is 4.31 Å². The van der Waals surface area contributed by atoms with Crippen molar-refractivity contribution in [3.05, 3.63) is 35.4 Å². The average molecular weight is 355 g/mol. The Kier molecular flexibility index (Phi) is 6.73. The van der Waals surface area contributed by atoms with Crippen molar-refractivity contribution >= 4 is 15.9 Å². The molecule has 0 bridgehead atoms. The summed E-state index contributed by atoms with van der Waals surface area (Å²) in [7, 11) is -1.72. The van der Waals surface area contributed by atoms with E-state index in [2.05, 4.69) is 0 Å². The molecule has 24 heavy (non-hydrogen) atoms. The van der Waals surface area contributed by atoms with Crippen LogP contribution in [0.3, 0.4) is 0 Å². The molecule has 0 radical (unpaired) electrons. The highest BCUT2D eigenvalue weighted by atomic mass is 32.2. The molecule has 1 saturated heterocycles. The normalized spacial score (nSPS) is 16.3. The number of sulfonamides is 1. The predicted octanol–water partition coefficient (Wildman–Crippen LogP) is 0.269. The molecule has 1 fully saturated rings. The third kappa shape index (κ3) is 4.76. The first-order valence-corrected chi connectivity index (χ1v) is 9.64. The van der Waals surface area contributed by atoms with Crippen molar-refractivity contribution in [1.82, 2.24) is 9.21 Å². The molecule has 0 saturated carbocycles. The fourth-order valence-corrected chi connectivity index (χ4v) is 4.11. The van der Waals surface area contributed by atoms with Crippen molar-refractivity contribution in [2.45, 2.75) is 13.0 Å². The monoisotopic (exact) mass is 355 g/mol. The van der Waals surface area contributed by atoms with Crippen LogP contribution < -0.4 is 5.73 Å². The largest absolute Gasteiger partial charge is 0.385 e. The summed E-state index contributed by atoms with van der Waals surface area (Å²) in [5.74, 6) is 0.00464. The first kappa shape index (κ1) is 18.9. The maximum absolute atomic E-state index is 12.5. The van der Waals surface area contributed by atoms with Crippen LogP contribution in [0.25, 0.3) is 0 Å². The van der Waals surface area contributed by atoms with Crippen molar-refractivity contribution in [3.8, 4) is 0 Å². The number of ether oxygens (including phenoxy) is 1. The number of carbonyl (C=O) groups excluding carboxylic acids is 1. The second-order valence-corrected chi connectivity index (χ2v) is 7.84. The fraction of sp³-hybridized carbons (Fsp3) is 0.562. The molecule has 1 aliphatic heterocycles. The van der Waals surface area contributed by atoms with Crippen LogP contribution in [0.4, 0.5) is 0 Å². The smallest absolute Gasteiger partial charge is 0.253 e. The Labute approximate surface area is 143 Å². The molecule has 0 unspecified atom stereocenters. The zero-order valence-corrected chi connectivity index (χ0v) is 14.8. The molecular formula is C16H25N3O4S. The third-order valence-electron chi connectivity index (χ3n) is 4.11. The van der Waals surface area contributed by atoms with E-state index in [1.807, 2.05) is 12.1 Å². The summed E-state index contributed by atoms with van der Waals surface area (Å²) in [5, 5.41) is 0. The van der Waals surface area contributed by atoms with Crippen LogP contribution in [0.15, 0.2) is 24.3 Å². The molecule has 2 N–H and O–H groups in total. The molecule has 1 aromatic carbocycles. The van der Waals surface area contributed by atoms with Gasteiger partial charge in [-0.3, -0.25) is 4.79 Å². The van der Waals surface area contributed by atoms with E-state index in [-0.39, 0.29) is 11.7 Å². The molecule has 0 aromatic heterocycles. The van der Waals surface area contributed by atoms with Gasteiger partial charge in [0.1, 0.15) is 0 Å². The van der Waals surface area contributed by atoms with Crippen molar-refractivity contribution in [2.24, 2.45) is 5.73 Å². The standard InChI is InChI=1S/C16H25N3O4S/c1-23-11-2-12-24(21,22)19-9-7-18(8-10-19)16(20)15-5-3-14(13-17)4-6-15/h3-6H,2,7-13,17H2,1H3. The average Bonchev–Trinajstić information content (AvgIpc) is 2.61. The zero-order chi connectivity index (χ0) is 17.6. The minimum atomic E-state index is -3.28. The second-order valence-electron chi connectivity index (χ2n) is 5.75. The topological polar surface area (TPSA) is 92.9 Å². The van der Waals surface area contributed by atoms with Gasteiger partial charge in [-0.2, -0.15) is 4.31 Å². The molecule has 0 aliphatic carbocycles. The van der Waals surface area contributed by atoms with Crippen LogP contribution in [0, 0.1) is 0 Å². The summed E-state index contributed by atoms with van der Waals surface area (Å²) < 4.78 is 30.8. The Balaban J connectivity index is 1.90. The van der Waals surface area contributed by atoms with Gasteiger partial charge in [0, 0.05) is 52.0 Å². The zero-order valence-electron chi connectivity index (χ0n) is 14.0. The fourth-order valence-electron chi connectivity index (χ4n) is 2.65. The number of methoxy groups -OCH3 is 1. The number of nitrogens with two attached hydrogens (primary N) is 1. The van der Waals surface area contributed by atoms with E-state index in [4.69, 9.17) is 10.5 Å². The summed E-state index contributed by atoms with van der Waals surface area (Å²) in [6.45, 7) is 2.34. The summed E-state index contributed by atoms with van der Waals surface area (Å²) in [4.78, 5) is 14.2. The van der Waals surface area contributed by atoms with Crippen LogP contribution in [-0.4, -0.2) is 69.2 Å². The maximum atomic E-state index is 12.5. The van der Waals surface area contributed by atoms with Gasteiger partial charge in [0.15, 0.2) is 0 Å². The Morgan fingerprint density at radius 1 is 1.17 bits per heavy atom. The summed E-state index contributed by atoms with van der Waals surface area (Å²) in [6.07, 6.45) is 0.478. The molecule has 7 nitrogen and oxygen atoms in total. The van der Waals surface area contributed by atoms with E-state index >= 15 is 0 Å². The van der Waals surface area contributed by atoms with E-state index in [9.17, 15) is 13.2 Å². The van der Waals surface area contributed by atoms with Crippen molar-refractivity contribution in [3.63, 3.8) is 0 Å². The van der Waals surface area contributed by atoms with Crippen molar-refractivity contribution < 1.29 is 17.9 Å². The first-order valence-electron chi connectivity index (χ1n) is 8.03. The third-order valence-corrected chi connectivity index (χ3v) is 6.06. The number of rotatable bonds is 7. The van der Waals surface area contributed by atoms with Crippen LogP contribution in [0.2, 0.25) is 0 Å². The van der Waals surface area contributed by atoms with Crippen LogP contribution in [0.5, 0.6) is 0 Å². The number of hydrogen-bond donors (Lipinski definition) is 1. The maximum Gasteiger partial charge on any atom is 0.253 e. The van der Waals surface area contributed by atoms with Gasteiger partial charge >= 0.3 is 0 Å². The lowest BCUT2D eigenvalue weighted by atomic mass is 10.1. The lowest BCUT2D eigenvalue weighted by molar-refractivity contribution is 0.0698. The van der Waals surface area contributed by atoms with Gasteiger partial charge in [-0.15, -0.1) is 0 Å². The van der Waals surface area contributed by atoms with Crippen LogP contribution >= 0.6 is 0 Å². The molecule has 1 aliphatic rings. The number of piperazine rings is 1. The predicted molar refractivity (Wildman–Crippen MR) is 92.1 cm³/mol. The van der Waals surface area contributed by atoms with Crippen molar-refractivity contribution in [1.29, 1.82) is 0 Å². The highest BCUT2D eigenvalue weighted by Crippen LogP contribution is 2.13. The SMILES string of the molecule is COCCCS(=O)(=O)N1CCN(C(=O)c2ccc(CN)cc2)CC1. The Bertz CT molecular complexity index is 638. The molecule has 8 heteroatoms. The number of hydrogen-bond acceptors (Lipinski definition) is 5. The Morgan fingerprint density at radius 3 is 2.33 bits per heavy atom. The quantitative estimate of drug-likeness (QED) is 0.709. The lowest BCUT2D eigenvalue weighted by Gasteiger charge is -2.34. The van der Waals surface area contributed by atoms with Gasteiger partial charge < -0.3 is 15.4 Å². The molecule has 2 rings (SSSR count). The molecule has 1 heterocycles. The van der Waals surface area contributed by atoms with E-state index in [0.717, 1.165) is 5.56 Å².